The molecule has 1 unspecified atom stereocenters. The number of amides is 1. The molecule has 0 spiro atoms. The summed E-state index contributed by atoms with van der Waals surface area (Å²) >= 11 is 0. The zero-order chi connectivity index (χ0) is 18.0. The first-order chi connectivity index (χ1) is 11.9. The van der Waals surface area contributed by atoms with E-state index < -0.39 is 10.0 Å². The summed E-state index contributed by atoms with van der Waals surface area (Å²) in [4.78, 5) is 12.6. The van der Waals surface area contributed by atoms with Crippen molar-refractivity contribution in [2.75, 3.05) is 13.1 Å². The number of carbonyl (C=O) groups excluding carboxylic acids is 1. The van der Waals surface area contributed by atoms with Crippen LogP contribution in [0, 0.1) is 6.92 Å². The number of hydrogen-bond acceptors (Lipinski definition) is 4. The number of nitrogens with one attached hydrogen (secondary N) is 1. The van der Waals surface area contributed by atoms with Gasteiger partial charge in [-0.1, -0.05) is 6.07 Å². The summed E-state index contributed by atoms with van der Waals surface area (Å²) in [7, 11) is -3.54. The van der Waals surface area contributed by atoms with Crippen molar-refractivity contribution >= 4 is 15.9 Å². The van der Waals surface area contributed by atoms with Gasteiger partial charge in [0.1, 0.15) is 11.5 Å². The molecule has 0 radical (unpaired) electrons. The predicted octanol–water partition coefficient (Wildman–Crippen LogP) is 2.86. The van der Waals surface area contributed by atoms with Gasteiger partial charge in [0, 0.05) is 18.7 Å². The number of benzene rings is 1. The number of sulfonamides is 1. The molecule has 1 aliphatic rings. The monoisotopic (exact) mass is 362 g/mol. The molecule has 1 amide bonds. The normalized spacial score (nSPS) is 16.7. The fourth-order valence-electron chi connectivity index (χ4n) is 2.91. The molecule has 1 N–H and O–H groups in total. The van der Waals surface area contributed by atoms with E-state index in [1.807, 2.05) is 26.0 Å². The summed E-state index contributed by atoms with van der Waals surface area (Å²) in [5.74, 6) is 1.10. The van der Waals surface area contributed by atoms with Gasteiger partial charge in [0.15, 0.2) is 0 Å². The lowest BCUT2D eigenvalue weighted by atomic mass is 10.2. The van der Waals surface area contributed by atoms with Crippen molar-refractivity contribution in [1.82, 2.24) is 9.62 Å². The van der Waals surface area contributed by atoms with Crippen LogP contribution in [0.4, 0.5) is 0 Å². The molecule has 1 aromatic carbocycles. The van der Waals surface area contributed by atoms with Crippen molar-refractivity contribution in [1.29, 1.82) is 0 Å². The Bertz CT molecular complexity index is 867. The molecule has 1 fully saturated rings. The molecule has 2 heterocycles. The summed E-state index contributed by atoms with van der Waals surface area (Å²) in [6.45, 7) is 4.73. The highest BCUT2D eigenvalue weighted by molar-refractivity contribution is 7.89. The van der Waals surface area contributed by atoms with Gasteiger partial charge in [0.2, 0.25) is 10.0 Å². The third-order valence-corrected chi connectivity index (χ3v) is 6.23. The Kier molecular flexibility index (Phi) is 4.96. The largest absolute Gasteiger partial charge is 0.464 e. The summed E-state index contributed by atoms with van der Waals surface area (Å²) in [5, 5.41) is 2.83. The van der Waals surface area contributed by atoms with Crippen LogP contribution >= 0.6 is 0 Å². The summed E-state index contributed by atoms with van der Waals surface area (Å²) < 4.78 is 32.3. The molecule has 1 saturated heterocycles. The van der Waals surface area contributed by atoms with Gasteiger partial charge in [-0.15, -0.1) is 0 Å². The predicted molar refractivity (Wildman–Crippen MR) is 93.8 cm³/mol. The number of rotatable bonds is 5. The van der Waals surface area contributed by atoms with E-state index in [1.165, 1.54) is 16.4 Å². The van der Waals surface area contributed by atoms with E-state index in [0.717, 1.165) is 18.6 Å². The fourth-order valence-corrected chi connectivity index (χ4v) is 4.48. The van der Waals surface area contributed by atoms with Crippen molar-refractivity contribution < 1.29 is 17.6 Å². The van der Waals surface area contributed by atoms with E-state index in [1.54, 1.807) is 12.1 Å². The van der Waals surface area contributed by atoms with E-state index in [4.69, 9.17) is 4.42 Å². The maximum Gasteiger partial charge on any atom is 0.251 e. The quantitative estimate of drug-likeness (QED) is 0.887. The molecule has 0 bridgehead atoms. The lowest BCUT2D eigenvalue weighted by Crippen LogP contribution is -2.29. The molecule has 25 heavy (non-hydrogen) atoms. The van der Waals surface area contributed by atoms with E-state index in [2.05, 4.69) is 5.32 Å². The van der Waals surface area contributed by atoms with Crippen LogP contribution in [-0.4, -0.2) is 31.7 Å². The smallest absolute Gasteiger partial charge is 0.251 e. The SMILES string of the molecule is Cc1ccc(C(C)NC(=O)c2cccc(S(=O)(=O)N3CCCC3)c2)o1. The zero-order valence-corrected chi connectivity index (χ0v) is 15.2. The molecule has 1 atom stereocenters. The van der Waals surface area contributed by atoms with Crippen molar-refractivity contribution in [3.05, 3.63) is 53.5 Å². The Morgan fingerprint density at radius 2 is 1.92 bits per heavy atom. The van der Waals surface area contributed by atoms with Crippen LogP contribution in [0.15, 0.2) is 45.7 Å². The molecular weight excluding hydrogens is 340 g/mol. The Morgan fingerprint density at radius 3 is 2.56 bits per heavy atom. The Hall–Kier alpha value is -2.12. The molecule has 1 aliphatic heterocycles. The fraction of sp³-hybridized carbons (Fsp3) is 0.389. The number of nitrogens with zero attached hydrogens (tertiary/aromatic N) is 1. The van der Waals surface area contributed by atoms with Gasteiger partial charge in [-0.05, 0) is 57.0 Å². The molecule has 2 aromatic rings. The second-order valence-corrected chi connectivity index (χ2v) is 8.22. The Balaban J connectivity index is 1.77. The number of hydrogen-bond donors (Lipinski definition) is 1. The zero-order valence-electron chi connectivity index (χ0n) is 14.4. The minimum atomic E-state index is -3.54. The number of furan rings is 1. The molecular formula is C18H22N2O4S. The maximum absolute atomic E-state index is 12.6. The number of aryl methyl sites for hydroxylation is 1. The van der Waals surface area contributed by atoms with Crippen molar-refractivity contribution in [3.63, 3.8) is 0 Å². The minimum Gasteiger partial charge on any atom is -0.464 e. The lowest BCUT2D eigenvalue weighted by Gasteiger charge is -2.16. The highest BCUT2D eigenvalue weighted by Crippen LogP contribution is 2.22. The van der Waals surface area contributed by atoms with Gasteiger partial charge in [0.05, 0.1) is 10.9 Å². The molecule has 7 heteroatoms. The van der Waals surface area contributed by atoms with Crippen molar-refractivity contribution in [3.8, 4) is 0 Å². The van der Waals surface area contributed by atoms with Gasteiger partial charge < -0.3 is 9.73 Å². The average Bonchev–Trinajstić information content (AvgIpc) is 3.26. The molecule has 6 nitrogen and oxygen atoms in total. The van der Waals surface area contributed by atoms with Gasteiger partial charge in [-0.2, -0.15) is 4.31 Å². The van der Waals surface area contributed by atoms with E-state index in [9.17, 15) is 13.2 Å². The van der Waals surface area contributed by atoms with Crippen LogP contribution in [0.3, 0.4) is 0 Å². The molecule has 0 saturated carbocycles. The third-order valence-electron chi connectivity index (χ3n) is 4.33. The standard InChI is InChI=1S/C18H22N2O4S/c1-13-8-9-17(24-13)14(2)19-18(21)15-6-5-7-16(12-15)25(22,23)20-10-3-4-11-20/h5-9,12,14H,3-4,10-11H2,1-2H3,(H,19,21). The third kappa shape index (κ3) is 3.77. The second-order valence-electron chi connectivity index (χ2n) is 6.28. The van der Waals surface area contributed by atoms with Gasteiger partial charge in [0.25, 0.3) is 5.91 Å². The van der Waals surface area contributed by atoms with E-state index >= 15 is 0 Å². The highest BCUT2D eigenvalue weighted by Gasteiger charge is 2.27. The van der Waals surface area contributed by atoms with Gasteiger partial charge >= 0.3 is 0 Å². The van der Waals surface area contributed by atoms with E-state index in [-0.39, 0.29) is 16.8 Å². The van der Waals surface area contributed by atoms with E-state index in [0.29, 0.717) is 24.4 Å². The minimum absolute atomic E-state index is 0.156. The summed E-state index contributed by atoms with van der Waals surface area (Å²) in [6.07, 6.45) is 1.75. The molecule has 1 aromatic heterocycles. The Morgan fingerprint density at radius 1 is 1.20 bits per heavy atom. The van der Waals surface area contributed by atoms with Crippen LogP contribution < -0.4 is 5.32 Å². The highest BCUT2D eigenvalue weighted by atomic mass is 32.2. The average molecular weight is 362 g/mol. The first-order valence-electron chi connectivity index (χ1n) is 8.35. The van der Waals surface area contributed by atoms with Crippen molar-refractivity contribution in [2.24, 2.45) is 0 Å². The topological polar surface area (TPSA) is 79.6 Å². The Labute approximate surface area is 147 Å². The summed E-state index contributed by atoms with van der Waals surface area (Å²) in [5.41, 5.74) is 0.315. The maximum atomic E-state index is 12.6. The molecule has 134 valence electrons. The van der Waals surface area contributed by atoms with Crippen LogP contribution in [0.2, 0.25) is 0 Å². The number of carbonyl (C=O) groups is 1. The second kappa shape index (κ2) is 7.01. The summed E-state index contributed by atoms with van der Waals surface area (Å²) in [6, 6.07) is 9.51. The first-order valence-corrected chi connectivity index (χ1v) is 9.79. The first kappa shape index (κ1) is 17.7. The van der Waals surface area contributed by atoms with Gasteiger partial charge in [-0.25, -0.2) is 8.42 Å². The van der Waals surface area contributed by atoms with Crippen LogP contribution in [0.25, 0.3) is 0 Å². The van der Waals surface area contributed by atoms with Crippen LogP contribution in [0.5, 0.6) is 0 Å². The van der Waals surface area contributed by atoms with Crippen LogP contribution in [0.1, 0.15) is 47.7 Å². The van der Waals surface area contributed by atoms with Gasteiger partial charge in [-0.3, -0.25) is 4.79 Å². The molecule has 0 aliphatic carbocycles. The lowest BCUT2D eigenvalue weighted by molar-refractivity contribution is 0.0935. The van der Waals surface area contributed by atoms with Crippen molar-refractivity contribution in [2.45, 2.75) is 37.6 Å². The molecule has 3 rings (SSSR count). The van der Waals surface area contributed by atoms with Crippen LogP contribution in [-0.2, 0) is 10.0 Å².